The minimum atomic E-state index is -0.822. The highest BCUT2D eigenvalue weighted by Gasteiger charge is 2.12. The number of aromatic carboxylic acids is 1. The molecule has 1 fully saturated rings. The molecule has 1 aromatic rings. The van der Waals surface area contributed by atoms with E-state index in [1.807, 2.05) is 6.07 Å². The summed E-state index contributed by atoms with van der Waals surface area (Å²) in [5, 5.41) is 12.4. The zero-order valence-electron chi connectivity index (χ0n) is 10.7. The molecule has 0 saturated heterocycles. The summed E-state index contributed by atoms with van der Waals surface area (Å²) in [6.07, 6.45) is 9.28. The molecule has 0 aromatic carbocycles. The first kappa shape index (κ1) is 13.6. The molecule has 0 unspecified atom stereocenters. The lowest BCUT2D eigenvalue weighted by Crippen LogP contribution is -2.28. The van der Waals surface area contributed by atoms with E-state index in [1.54, 1.807) is 6.07 Å². The number of carbonyl (C=O) groups is 1. The Labute approximate surface area is 112 Å². The van der Waals surface area contributed by atoms with Crippen LogP contribution in [0.15, 0.2) is 12.1 Å². The van der Waals surface area contributed by atoms with Gasteiger partial charge in [-0.25, -0.2) is 4.79 Å². The Balaban J connectivity index is 1.80. The molecule has 18 heavy (non-hydrogen) atoms. The number of carboxylic acids is 1. The van der Waals surface area contributed by atoms with Gasteiger partial charge in [0, 0.05) is 17.5 Å². The molecule has 0 amide bonds. The fraction of sp³-hybridized carbons (Fsp3) is 0.643. The van der Waals surface area contributed by atoms with Gasteiger partial charge in [0.1, 0.15) is 4.88 Å². The van der Waals surface area contributed by atoms with Crippen molar-refractivity contribution in [1.29, 1.82) is 0 Å². The minimum absolute atomic E-state index is 0.435. The molecule has 2 rings (SSSR count). The van der Waals surface area contributed by atoms with Crippen molar-refractivity contribution in [2.45, 2.75) is 57.5 Å². The zero-order chi connectivity index (χ0) is 12.8. The summed E-state index contributed by atoms with van der Waals surface area (Å²) in [5.74, 6) is -0.822. The van der Waals surface area contributed by atoms with E-state index in [9.17, 15) is 4.79 Å². The summed E-state index contributed by atoms with van der Waals surface area (Å²) < 4.78 is 0. The Bertz CT molecular complexity index is 381. The zero-order valence-corrected chi connectivity index (χ0v) is 11.5. The van der Waals surface area contributed by atoms with Crippen molar-refractivity contribution in [3.63, 3.8) is 0 Å². The maximum absolute atomic E-state index is 10.8. The Morgan fingerprint density at radius 1 is 1.22 bits per heavy atom. The fourth-order valence-electron chi connectivity index (χ4n) is 2.49. The van der Waals surface area contributed by atoms with Crippen LogP contribution in [0.2, 0.25) is 0 Å². The number of rotatable bonds is 4. The highest BCUT2D eigenvalue weighted by atomic mass is 32.1. The maximum Gasteiger partial charge on any atom is 0.345 e. The van der Waals surface area contributed by atoms with Crippen molar-refractivity contribution in [1.82, 2.24) is 5.32 Å². The molecular weight excluding hydrogens is 246 g/mol. The molecule has 1 aliphatic rings. The van der Waals surface area contributed by atoms with Gasteiger partial charge in [0.2, 0.25) is 0 Å². The lowest BCUT2D eigenvalue weighted by atomic mass is 9.97. The van der Waals surface area contributed by atoms with E-state index in [0.717, 1.165) is 11.4 Å². The van der Waals surface area contributed by atoms with Crippen LogP contribution < -0.4 is 5.32 Å². The molecule has 0 aliphatic heterocycles. The SMILES string of the molecule is O=C(O)c1ccc(CNC2CCCCCCC2)s1. The van der Waals surface area contributed by atoms with Gasteiger partial charge < -0.3 is 10.4 Å². The van der Waals surface area contributed by atoms with Gasteiger partial charge in [0.05, 0.1) is 0 Å². The van der Waals surface area contributed by atoms with Crippen molar-refractivity contribution in [3.05, 3.63) is 21.9 Å². The van der Waals surface area contributed by atoms with Gasteiger partial charge in [0.15, 0.2) is 0 Å². The molecule has 0 bridgehead atoms. The summed E-state index contributed by atoms with van der Waals surface area (Å²) in [6, 6.07) is 4.23. The van der Waals surface area contributed by atoms with Gasteiger partial charge in [-0.2, -0.15) is 0 Å². The molecule has 3 nitrogen and oxygen atoms in total. The van der Waals surface area contributed by atoms with Gasteiger partial charge in [-0.3, -0.25) is 0 Å². The highest BCUT2D eigenvalue weighted by molar-refractivity contribution is 7.13. The largest absolute Gasteiger partial charge is 0.477 e. The van der Waals surface area contributed by atoms with Gasteiger partial charge >= 0.3 is 5.97 Å². The molecule has 2 N–H and O–H groups in total. The molecule has 0 atom stereocenters. The van der Waals surface area contributed by atoms with Crippen molar-refractivity contribution in [2.75, 3.05) is 0 Å². The first-order valence-electron chi connectivity index (χ1n) is 6.81. The predicted molar refractivity (Wildman–Crippen MR) is 74.2 cm³/mol. The number of hydrogen-bond acceptors (Lipinski definition) is 3. The molecular formula is C14H21NO2S. The Morgan fingerprint density at radius 3 is 2.50 bits per heavy atom. The third-order valence-corrected chi connectivity index (χ3v) is 4.62. The monoisotopic (exact) mass is 267 g/mol. The van der Waals surface area contributed by atoms with Gasteiger partial charge in [0.25, 0.3) is 0 Å². The average Bonchev–Trinajstić information content (AvgIpc) is 2.76. The van der Waals surface area contributed by atoms with Crippen molar-refractivity contribution in [2.24, 2.45) is 0 Å². The van der Waals surface area contributed by atoms with Crippen LogP contribution in [-0.4, -0.2) is 17.1 Å². The van der Waals surface area contributed by atoms with Gasteiger partial charge in [-0.15, -0.1) is 11.3 Å². The normalized spacial score (nSPS) is 18.2. The molecule has 1 aromatic heterocycles. The third kappa shape index (κ3) is 4.10. The summed E-state index contributed by atoms with van der Waals surface area (Å²) >= 11 is 1.38. The Morgan fingerprint density at radius 2 is 1.89 bits per heavy atom. The first-order chi connectivity index (χ1) is 8.75. The molecule has 1 aliphatic carbocycles. The van der Waals surface area contributed by atoms with Crippen LogP contribution in [-0.2, 0) is 6.54 Å². The van der Waals surface area contributed by atoms with Crippen LogP contribution in [0.5, 0.6) is 0 Å². The summed E-state index contributed by atoms with van der Waals surface area (Å²) in [7, 11) is 0. The molecule has 1 heterocycles. The average molecular weight is 267 g/mol. The third-order valence-electron chi connectivity index (χ3n) is 3.54. The van der Waals surface area contributed by atoms with Gasteiger partial charge in [-0.05, 0) is 25.0 Å². The number of carboxylic acid groups (broad SMARTS) is 1. The Kier molecular flexibility index (Phi) is 5.20. The number of thiophene rings is 1. The van der Waals surface area contributed by atoms with E-state index in [1.165, 1.54) is 56.3 Å². The molecule has 0 spiro atoms. The van der Waals surface area contributed by atoms with Crippen LogP contribution in [0, 0.1) is 0 Å². The van der Waals surface area contributed by atoms with Crippen LogP contribution in [0.3, 0.4) is 0 Å². The van der Waals surface area contributed by atoms with Crippen molar-refractivity contribution >= 4 is 17.3 Å². The van der Waals surface area contributed by atoms with Crippen molar-refractivity contribution < 1.29 is 9.90 Å². The van der Waals surface area contributed by atoms with E-state index in [2.05, 4.69) is 5.32 Å². The molecule has 4 heteroatoms. The molecule has 0 radical (unpaired) electrons. The second-order valence-corrected chi connectivity index (χ2v) is 6.16. The summed E-state index contributed by atoms with van der Waals surface area (Å²) in [4.78, 5) is 12.3. The summed E-state index contributed by atoms with van der Waals surface area (Å²) in [5.41, 5.74) is 0. The summed E-state index contributed by atoms with van der Waals surface area (Å²) in [6.45, 7) is 0.808. The van der Waals surface area contributed by atoms with Crippen molar-refractivity contribution in [3.8, 4) is 0 Å². The quantitative estimate of drug-likeness (QED) is 0.875. The van der Waals surface area contributed by atoms with Crippen LogP contribution >= 0.6 is 11.3 Å². The maximum atomic E-state index is 10.8. The van der Waals surface area contributed by atoms with E-state index in [0.29, 0.717) is 10.9 Å². The number of hydrogen-bond donors (Lipinski definition) is 2. The van der Waals surface area contributed by atoms with E-state index in [4.69, 9.17) is 5.11 Å². The smallest absolute Gasteiger partial charge is 0.345 e. The lowest BCUT2D eigenvalue weighted by molar-refractivity contribution is 0.0702. The molecule has 100 valence electrons. The standard InChI is InChI=1S/C14H21NO2S/c16-14(17)13-9-8-12(18-13)10-15-11-6-4-2-1-3-5-7-11/h8-9,11,15H,1-7,10H2,(H,16,17). The fourth-order valence-corrected chi connectivity index (χ4v) is 3.29. The van der Waals surface area contributed by atoms with E-state index in [-0.39, 0.29) is 0 Å². The van der Waals surface area contributed by atoms with E-state index < -0.39 is 5.97 Å². The van der Waals surface area contributed by atoms with E-state index >= 15 is 0 Å². The molecule has 1 saturated carbocycles. The minimum Gasteiger partial charge on any atom is -0.477 e. The highest BCUT2D eigenvalue weighted by Crippen LogP contribution is 2.19. The van der Waals surface area contributed by atoms with Gasteiger partial charge in [-0.1, -0.05) is 32.1 Å². The lowest BCUT2D eigenvalue weighted by Gasteiger charge is -2.20. The second kappa shape index (κ2) is 6.90. The number of nitrogens with one attached hydrogen (secondary N) is 1. The van der Waals surface area contributed by atoms with Crippen LogP contribution in [0.4, 0.5) is 0 Å². The first-order valence-corrected chi connectivity index (χ1v) is 7.63. The Hall–Kier alpha value is -0.870. The second-order valence-electron chi connectivity index (χ2n) is 4.99. The predicted octanol–water partition coefficient (Wildman–Crippen LogP) is 3.65. The van der Waals surface area contributed by atoms with Crippen LogP contribution in [0.25, 0.3) is 0 Å². The van der Waals surface area contributed by atoms with Crippen LogP contribution in [0.1, 0.15) is 59.5 Å². The topological polar surface area (TPSA) is 49.3 Å².